The third kappa shape index (κ3) is 3.87. The van der Waals surface area contributed by atoms with Crippen LogP contribution in [0.25, 0.3) is 11.0 Å². The van der Waals surface area contributed by atoms with Crippen molar-refractivity contribution in [1.29, 1.82) is 0 Å². The van der Waals surface area contributed by atoms with E-state index in [1.165, 1.54) is 22.7 Å². The van der Waals surface area contributed by atoms with Crippen LogP contribution in [-0.4, -0.2) is 26.2 Å². The fourth-order valence-electron chi connectivity index (χ4n) is 2.49. The van der Waals surface area contributed by atoms with Crippen LogP contribution >= 0.6 is 22.7 Å². The molecule has 0 saturated heterocycles. The van der Waals surface area contributed by atoms with Crippen LogP contribution < -0.4 is 10.1 Å². The average Bonchev–Trinajstić information content (AvgIpc) is 3.38. The quantitative estimate of drug-likeness (QED) is 0.498. The van der Waals surface area contributed by atoms with Crippen molar-refractivity contribution in [3.63, 3.8) is 0 Å². The number of hydrogen-bond donors (Lipinski definition) is 1. The van der Waals surface area contributed by atoms with E-state index in [9.17, 15) is 4.79 Å². The van der Waals surface area contributed by atoms with Crippen molar-refractivity contribution in [3.05, 3.63) is 44.9 Å². The molecule has 1 aromatic carbocycles. The van der Waals surface area contributed by atoms with E-state index in [4.69, 9.17) is 4.74 Å². The highest BCUT2D eigenvalue weighted by Crippen LogP contribution is 2.27. The van der Waals surface area contributed by atoms with Crippen molar-refractivity contribution in [2.24, 2.45) is 0 Å². The van der Waals surface area contributed by atoms with E-state index in [1.54, 1.807) is 24.4 Å². The number of benzene rings is 1. The van der Waals surface area contributed by atoms with Crippen molar-refractivity contribution in [1.82, 2.24) is 20.3 Å². The summed E-state index contributed by atoms with van der Waals surface area (Å²) in [6.07, 6.45) is 1.80. The monoisotopic (exact) mass is 415 g/mol. The highest BCUT2D eigenvalue weighted by Gasteiger charge is 2.17. The summed E-state index contributed by atoms with van der Waals surface area (Å²) in [4.78, 5) is 23.0. The lowest BCUT2D eigenvalue weighted by molar-refractivity contribution is 0.103. The molecule has 0 saturated carbocycles. The van der Waals surface area contributed by atoms with Crippen molar-refractivity contribution in [2.45, 2.75) is 33.3 Å². The lowest BCUT2D eigenvalue weighted by Gasteiger charge is -2.02. The predicted molar refractivity (Wildman–Crippen MR) is 107 cm³/mol. The molecule has 4 rings (SSSR count). The number of aryl methyl sites for hydroxylation is 1. The summed E-state index contributed by atoms with van der Waals surface area (Å²) in [5, 5.41) is 11.7. The molecule has 3 aromatic heterocycles. The number of carbonyl (C=O) groups is 1. The van der Waals surface area contributed by atoms with Crippen molar-refractivity contribution in [3.8, 4) is 5.75 Å². The molecule has 1 amide bonds. The molecule has 0 aliphatic heterocycles. The zero-order valence-corrected chi connectivity index (χ0v) is 17.1. The van der Waals surface area contributed by atoms with Crippen LogP contribution in [0.3, 0.4) is 0 Å². The summed E-state index contributed by atoms with van der Waals surface area (Å²) in [6, 6.07) is 5.30. The summed E-state index contributed by atoms with van der Waals surface area (Å²) in [7, 11) is 0. The van der Waals surface area contributed by atoms with Gasteiger partial charge in [0, 0.05) is 17.1 Å². The first-order chi connectivity index (χ1) is 13.5. The number of anilines is 1. The minimum absolute atomic E-state index is 0.207. The molecule has 8 nitrogen and oxygen atoms in total. The van der Waals surface area contributed by atoms with E-state index in [-0.39, 0.29) is 12.5 Å². The van der Waals surface area contributed by atoms with Gasteiger partial charge in [0.25, 0.3) is 5.91 Å². The number of amides is 1. The maximum atomic E-state index is 12.6. The fraction of sp³-hybridized carbons (Fsp3) is 0.278. The molecule has 3 heterocycles. The molecule has 144 valence electrons. The van der Waals surface area contributed by atoms with Crippen LogP contribution in [0.5, 0.6) is 5.75 Å². The second-order valence-corrected chi connectivity index (χ2v) is 8.55. The van der Waals surface area contributed by atoms with Gasteiger partial charge < -0.3 is 4.74 Å². The van der Waals surface area contributed by atoms with Gasteiger partial charge in [-0.25, -0.2) is 14.6 Å². The predicted octanol–water partition coefficient (Wildman–Crippen LogP) is 4.40. The normalized spacial score (nSPS) is 11.3. The van der Waals surface area contributed by atoms with Crippen molar-refractivity contribution >= 4 is 44.7 Å². The standard InChI is InChI=1S/C18H17N5O3S2/c1-9(2)14-7-19-18(27-14)21-17(24)16-10(3)20-15(28-16)8-25-11-4-5-12-13(6-11)23-26-22-12/h4-7,9H,8H2,1-3H3,(H,19,21,24). The van der Waals surface area contributed by atoms with Gasteiger partial charge in [-0.3, -0.25) is 10.1 Å². The van der Waals surface area contributed by atoms with Gasteiger partial charge >= 0.3 is 0 Å². The number of nitrogens with one attached hydrogen (secondary N) is 1. The number of ether oxygens (including phenoxy) is 1. The Labute approximate surface area is 168 Å². The average molecular weight is 416 g/mol. The fourth-order valence-corrected chi connectivity index (χ4v) is 4.17. The summed E-state index contributed by atoms with van der Waals surface area (Å²) in [6.45, 7) is 6.25. The molecule has 28 heavy (non-hydrogen) atoms. The largest absolute Gasteiger partial charge is 0.486 e. The Morgan fingerprint density at radius 1 is 1.25 bits per heavy atom. The number of rotatable bonds is 6. The van der Waals surface area contributed by atoms with Crippen LogP contribution in [0.2, 0.25) is 0 Å². The maximum absolute atomic E-state index is 12.6. The lowest BCUT2D eigenvalue weighted by atomic mass is 10.2. The summed E-state index contributed by atoms with van der Waals surface area (Å²) >= 11 is 2.79. The molecule has 0 aliphatic rings. The Morgan fingerprint density at radius 2 is 2.07 bits per heavy atom. The number of fused-ring (bicyclic) bond motifs is 1. The first kappa shape index (κ1) is 18.5. The highest BCUT2D eigenvalue weighted by molar-refractivity contribution is 7.16. The Kier molecular flexibility index (Phi) is 5.05. The highest BCUT2D eigenvalue weighted by atomic mass is 32.1. The topological polar surface area (TPSA) is 103 Å². The minimum atomic E-state index is -0.207. The Balaban J connectivity index is 1.42. The van der Waals surface area contributed by atoms with Gasteiger partial charge in [-0.2, -0.15) is 0 Å². The first-order valence-corrected chi connectivity index (χ1v) is 10.2. The minimum Gasteiger partial charge on any atom is -0.486 e. The molecule has 4 aromatic rings. The molecule has 0 bridgehead atoms. The van der Waals surface area contributed by atoms with Gasteiger partial charge in [0.1, 0.15) is 33.3 Å². The summed E-state index contributed by atoms with van der Waals surface area (Å²) in [5.74, 6) is 0.802. The maximum Gasteiger partial charge on any atom is 0.269 e. The SMILES string of the molecule is Cc1nc(COc2ccc3nonc3c2)sc1C(=O)Nc1ncc(C(C)C)s1. The molecule has 10 heteroatoms. The van der Waals surface area contributed by atoms with E-state index in [1.807, 2.05) is 6.92 Å². The number of carbonyl (C=O) groups excluding carboxylic acids is 1. The van der Waals surface area contributed by atoms with E-state index < -0.39 is 0 Å². The lowest BCUT2D eigenvalue weighted by Crippen LogP contribution is -2.11. The molecule has 0 unspecified atom stereocenters. The van der Waals surface area contributed by atoms with E-state index in [0.29, 0.717) is 43.4 Å². The second kappa shape index (κ2) is 7.64. The van der Waals surface area contributed by atoms with Gasteiger partial charge in [-0.1, -0.05) is 13.8 Å². The van der Waals surface area contributed by atoms with Crippen LogP contribution in [0.4, 0.5) is 5.13 Å². The van der Waals surface area contributed by atoms with Gasteiger partial charge in [-0.05, 0) is 35.3 Å². The van der Waals surface area contributed by atoms with Crippen LogP contribution in [0, 0.1) is 6.92 Å². The van der Waals surface area contributed by atoms with Crippen LogP contribution in [-0.2, 0) is 6.61 Å². The van der Waals surface area contributed by atoms with Crippen molar-refractivity contribution < 1.29 is 14.2 Å². The molecular weight excluding hydrogens is 398 g/mol. The third-order valence-electron chi connectivity index (χ3n) is 3.95. The number of nitrogens with zero attached hydrogens (tertiary/aromatic N) is 4. The Bertz CT molecular complexity index is 1130. The number of hydrogen-bond acceptors (Lipinski definition) is 9. The van der Waals surface area contributed by atoms with E-state index in [0.717, 1.165) is 4.88 Å². The van der Waals surface area contributed by atoms with Gasteiger partial charge in [-0.15, -0.1) is 22.7 Å². The number of thiazole rings is 2. The van der Waals surface area contributed by atoms with Crippen LogP contribution in [0.15, 0.2) is 29.0 Å². The summed E-state index contributed by atoms with van der Waals surface area (Å²) in [5.41, 5.74) is 1.95. The molecule has 0 aliphatic carbocycles. The van der Waals surface area contributed by atoms with E-state index >= 15 is 0 Å². The molecule has 0 radical (unpaired) electrons. The molecule has 0 spiro atoms. The van der Waals surface area contributed by atoms with Crippen LogP contribution in [0.1, 0.15) is 45.0 Å². The zero-order valence-electron chi connectivity index (χ0n) is 15.4. The zero-order chi connectivity index (χ0) is 19.7. The van der Waals surface area contributed by atoms with Gasteiger partial charge in [0.15, 0.2) is 5.13 Å². The van der Waals surface area contributed by atoms with E-state index in [2.05, 4.69) is 44.1 Å². The molecule has 0 fully saturated rings. The first-order valence-electron chi connectivity index (χ1n) is 8.58. The smallest absolute Gasteiger partial charge is 0.269 e. The van der Waals surface area contributed by atoms with Gasteiger partial charge in [0.2, 0.25) is 0 Å². The number of aromatic nitrogens is 4. The second-order valence-electron chi connectivity index (χ2n) is 6.40. The molecular formula is C18H17N5O3S2. The third-order valence-corrected chi connectivity index (χ3v) is 6.29. The summed E-state index contributed by atoms with van der Waals surface area (Å²) < 4.78 is 10.4. The Hall–Kier alpha value is -2.85. The molecule has 0 atom stereocenters. The van der Waals surface area contributed by atoms with Gasteiger partial charge in [0.05, 0.1) is 5.69 Å². The van der Waals surface area contributed by atoms with Crippen molar-refractivity contribution in [2.75, 3.05) is 5.32 Å². The molecule has 1 N–H and O–H groups in total. The Morgan fingerprint density at radius 3 is 2.86 bits per heavy atom.